The highest BCUT2D eigenvalue weighted by Crippen LogP contribution is 2.21. The summed E-state index contributed by atoms with van der Waals surface area (Å²) in [4.78, 5) is 12.4. The van der Waals surface area contributed by atoms with Gasteiger partial charge in [-0.15, -0.1) is 0 Å². The van der Waals surface area contributed by atoms with E-state index < -0.39 is 10.0 Å². The van der Waals surface area contributed by atoms with Crippen molar-refractivity contribution in [3.8, 4) is 0 Å². The molecule has 0 aliphatic rings. The van der Waals surface area contributed by atoms with Gasteiger partial charge in [0.25, 0.3) is 5.91 Å². The third-order valence-corrected chi connectivity index (χ3v) is 6.25. The maximum Gasteiger partial charge on any atom is 0.251 e. The highest BCUT2D eigenvalue weighted by Gasteiger charge is 2.18. The van der Waals surface area contributed by atoms with E-state index in [2.05, 4.69) is 29.6 Å². The van der Waals surface area contributed by atoms with E-state index in [-0.39, 0.29) is 18.3 Å². The number of nitrogens with zero attached hydrogens (tertiary/aromatic N) is 1. The van der Waals surface area contributed by atoms with Crippen molar-refractivity contribution in [2.45, 2.75) is 26.3 Å². The summed E-state index contributed by atoms with van der Waals surface area (Å²) < 4.78 is 39.0. The third-order valence-electron chi connectivity index (χ3n) is 5.11. The van der Waals surface area contributed by atoms with Crippen molar-refractivity contribution in [2.24, 2.45) is 0 Å². The molecule has 0 atom stereocenters. The summed E-state index contributed by atoms with van der Waals surface area (Å²) in [5.74, 6) is -0.584. The summed E-state index contributed by atoms with van der Waals surface area (Å²) >= 11 is 0. The van der Waals surface area contributed by atoms with Crippen molar-refractivity contribution in [2.75, 3.05) is 17.1 Å². The Hall–Kier alpha value is -3.19. The first-order chi connectivity index (χ1) is 15.2. The SMILES string of the molecule is Cc1ccc(CCCNC(=O)c2ccc(N(Cc3ccc(F)cc3)S(C)(=O)=O)cc2)cc1. The van der Waals surface area contributed by atoms with Crippen molar-refractivity contribution in [1.82, 2.24) is 5.32 Å². The summed E-state index contributed by atoms with van der Waals surface area (Å²) in [5, 5.41) is 2.90. The van der Waals surface area contributed by atoms with Crippen molar-refractivity contribution in [3.05, 3.63) is 101 Å². The average Bonchev–Trinajstić information content (AvgIpc) is 2.77. The lowest BCUT2D eigenvalue weighted by Crippen LogP contribution is -2.29. The van der Waals surface area contributed by atoms with Gasteiger partial charge in [0.1, 0.15) is 5.82 Å². The number of amides is 1. The molecule has 0 aliphatic carbocycles. The number of carbonyl (C=O) groups is 1. The Morgan fingerprint density at radius 1 is 0.906 bits per heavy atom. The number of aryl methyl sites for hydroxylation is 2. The van der Waals surface area contributed by atoms with Gasteiger partial charge in [-0.05, 0) is 67.3 Å². The summed E-state index contributed by atoms with van der Waals surface area (Å²) in [6.45, 7) is 2.67. The van der Waals surface area contributed by atoms with Crippen LogP contribution >= 0.6 is 0 Å². The summed E-state index contributed by atoms with van der Waals surface area (Å²) in [6.07, 6.45) is 2.82. The molecule has 32 heavy (non-hydrogen) atoms. The number of halogens is 1. The van der Waals surface area contributed by atoms with Crippen LogP contribution < -0.4 is 9.62 Å². The first kappa shape index (κ1) is 23.5. The predicted molar refractivity (Wildman–Crippen MR) is 126 cm³/mol. The fourth-order valence-electron chi connectivity index (χ4n) is 3.29. The lowest BCUT2D eigenvalue weighted by Gasteiger charge is -2.22. The van der Waals surface area contributed by atoms with Crippen molar-refractivity contribution < 1.29 is 17.6 Å². The number of benzene rings is 3. The number of anilines is 1. The van der Waals surface area contributed by atoms with Crippen LogP contribution in [0.25, 0.3) is 0 Å². The van der Waals surface area contributed by atoms with Crippen LogP contribution in [0.4, 0.5) is 10.1 Å². The summed E-state index contributed by atoms with van der Waals surface area (Å²) in [7, 11) is -3.57. The molecular formula is C25H27FN2O3S. The molecule has 5 nitrogen and oxygen atoms in total. The monoisotopic (exact) mass is 454 g/mol. The molecule has 0 fully saturated rings. The standard InChI is InChI=1S/C25H27FN2O3S/c1-19-5-7-20(8-6-19)4-3-17-27-25(29)22-11-15-24(16-12-22)28(32(2,30)31)18-21-9-13-23(26)14-10-21/h5-16H,3-4,17-18H2,1-2H3,(H,27,29). The zero-order valence-corrected chi connectivity index (χ0v) is 19.0. The molecule has 0 unspecified atom stereocenters. The number of carbonyl (C=O) groups excluding carboxylic acids is 1. The van der Waals surface area contributed by atoms with Crippen molar-refractivity contribution in [3.63, 3.8) is 0 Å². The maximum atomic E-state index is 13.1. The molecule has 7 heteroatoms. The molecule has 0 saturated heterocycles. The molecule has 3 aromatic rings. The summed E-state index contributed by atoms with van der Waals surface area (Å²) in [6, 6.07) is 20.4. The highest BCUT2D eigenvalue weighted by molar-refractivity contribution is 7.92. The van der Waals surface area contributed by atoms with Gasteiger partial charge in [-0.2, -0.15) is 0 Å². The van der Waals surface area contributed by atoms with Crippen molar-refractivity contribution >= 4 is 21.6 Å². The quantitative estimate of drug-likeness (QED) is 0.486. The Balaban J connectivity index is 1.59. The number of sulfonamides is 1. The molecule has 0 radical (unpaired) electrons. The maximum absolute atomic E-state index is 13.1. The molecule has 0 aliphatic heterocycles. The zero-order valence-electron chi connectivity index (χ0n) is 18.2. The zero-order chi connectivity index (χ0) is 23.1. The van der Waals surface area contributed by atoms with Gasteiger partial charge in [-0.3, -0.25) is 9.10 Å². The highest BCUT2D eigenvalue weighted by atomic mass is 32.2. The third kappa shape index (κ3) is 6.65. The van der Waals surface area contributed by atoms with E-state index in [1.165, 1.54) is 27.6 Å². The predicted octanol–water partition coefficient (Wildman–Crippen LogP) is 4.46. The van der Waals surface area contributed by atoms with Gasteiger partial charge in [0.2, 0.25) is 10.0 Å². The molecule has 0 aromatic heterocycles. The largest absolute Gasteiger partial charge is 0.352 e. The van der Waals surface area contributed by atoms with Gasteiger partial charge in [0.05, 0.1) is 18.5 Å². The van der Waals surface area contributed by atoms with Crippen LogP contribution in [-0.4, -0.2) is 27.1 Å². The number of hydrogen-bond donors (Lipinski definition) is 1. The van der Waals surface area contributed by atoms with E-state index in [0.717, 1.165) is 19.1 Å². The minimum Gasteiger partial charge on any atom is -0.352 e. The van der Waals surface area contributed by atoms with E-state index in [1.54, 1.807) is 36.4 Å². The lowest BCUT2D eigenvalue weighted by atomic mass is 10.1. The molecular weight excluding hydrogens is 427 g/mol. The van der Waals surface area contributed by atoms with Gasteiger partial charge >= 0.3 is 0 Å². The number of hydrogen-bond acceptors (Lipinski definition) is 3. The molecule has 1 N–H and O–H groups in total. The Bertz CT molecular complexity index is 1140. The Morgan fingerprint density at radius 2 is 1.50 bits per heavy atom. The minimum atomic E-state index is -3.57. The Kier molecular flexibility index (Phi) is 7.64. The first-order valence-corrected chi connectivity index (χ1v) is 12.2. The topological polar surface area (TPSA) is 66.5 Å². The smallest absolute Gasteiger partial charge is 0.251 e. The first-order valence-electron chi connectivity index (χ1n) is 10.4. The molecule has 0 heterocycles. The van der Waals surface area contributed by atoms with E-state index in [9.17, 15) is 17.6 Å². The average molecular weight is 455 g/mol. The van der Waals surface area contributed by atoms with Crippen LogP contribution in [0.15, 0.2) is 72.8 Å². The van der Waals surface area contributed by atoms with Crippen LogP contribution in [0.1, 0.15) is 33.5 Å². The van der Waals surface area contributed by atoms with Gasteiger partial charge < -0.3 is 5.32 Å². The minimum absolute atomic E-state index is 0.0731. The van der Waals surface area contributed by atoms with Gasteiger partial charge in [0.15, 0.2) is 0 Å². The molecule has 168 valence electrons. The molecule has 0 saturated carbocycles. The lowest BCUT2D eigenvalue weighted by molar-refractivity contribution is 0.0953. The van der Waals surface area contributed by atoms with E-state index in [0.29, 0.717) is 23.4 Å². The molecule has 3 rings (SSSR count). The fraction of sp³-hybridized carbons (Fsp3) is 0.240. The van der Waals surface area contributed by atoms with Crippen LogP contribution in [0, 0.1) is 12.7 Å². The van der Waals surface area contributed by atoms with E-state index >= 15 is 0 Å². The number of rotatable bonds is 9. The summed E-state index contributed by atoms with van der Waals surface area (Å²) in [5.41, 5.74) is 4.01. The molecule has 0 spiro atoms. The number of nitrogens with one attached hydrogen (secondary N) is 1. The van der Waals surface area contributed by atoms with E-state index in [1.807, 2.05) is 6.92 Å². The molecule has 1 amide bonds. The van der Waals surface area contributed by atoms with Crippen LogP contribution in [-0.2, 0) is 23.0 Å². The second kappa shape index (κ2) is 10.4. The fourth-order valence-corrected chi connectivity index (χ4v) is 4.17. The van der Waals surface area contributed by atoms with Gasteiger partial charge in [-0.1, -0.05) is 42.0 Å². The van der Waals surface area contributed by atoms with Gasteiger partial charge in [-0.25, -0.2) is 12.8 Å². The van der Waals surface area contributed by atoms with E-state index in [4.69, 9.17) is 0 Å². The van der Waals surface area contributed by atoms with Crippen LogP contribution in [0.2, 0.25) is 0 Å². The normalized spacial score (nSPS) is 11.2. The molecule has 3 aromatic carbocycles. The van der Waals surface area contributed by atoms with Gasteiger partial charge in [0, 0.05) is 12.1 Å². The Labute approximate surface area is 188 Å². The molecule has 0 bridgehead atoms. The van der Waals surface area contributed by atoms with Crippen LogP contribution in [0.5, 0.6) is 0 Å². The second-order valence-corrected chi connectivity index (χ2v) is 9.69. The second-order valence-electron chi connectivity index (χ2n) is 7.79. The van der Waals surface area contributed by atoms with Crippen molar-refractivity contribution in [1.29, 1.82) is 0 Å². The Morgan fingerprint density at radius 3 is 2.09 bits per heavy atom. The van der Waals surface area contributed by atoms with Crippen LogP contribution in [0.3, 0.4) is 0 Å².